The molecule has 0 aromatic carbocycles. The van der Waals surface area contributed by atoms with Crippen LogP contribution in [0.2, 0.25) is 0 Å². The number of carbonyl (C=O) groups excluding carboxylic acids is 1. The van der Waals surface area contributed by atoms with Gasteiger partial charge in [0.25, 0.3) is 5.91 Å². The first kappa shape index (κ1) is 13.6. The lowest BCUT2D eigenvalue weighted by Crippen LogP contribution is -2.25. The number of carbonyl (C=O) groups is 1. The minimum Gasteiger partial charge on any atom is -0.456 e. The molecule has 102 valence electrons. The van der Waals surface area contributed by atoms with Gasteiger partial charge in [-0.15, -0.1) is 0 Å². The van der Waals surface area contributed by atoms with E-state index in [2.05, 4.69) is 20.3 Å². The maximum atomic E-state index is 11.8. The Morgan fingerprint density at radius 1 is 1.35 bits per heavy atom. The molecule has 2 aromatic heterocycles. The van der Waals surface area contributed by atoms with E-state index < -0.39 is 0 Å². The Morgan fingerprint density at radius 2 is 2.15 bits per heavy atom. The topological polar surface area (TPSA) is 104 Å². The van der Waals surface area contributed by atoms with Gasteiger partial charge < -0.3 is 9.73 Å². The summed E-state index contributed by atoms with van der Waals surface area (Å²) in [4.78, 5) is 18.4. The molecule has 0 atom stereocenters. The predicted octanol–water partition coefficient (Wildman–Crippen LogP) is 2.46. The lowest BCUT2D eigenvalue weighted by molar-refractivity contribution is 0.0924. The number of hydrogen-bond donors (Lipinski definition) is 1. The maximum Gasteiger partial charge on any atom is 0.287 e. The summed E-state index contributed by atoms with van der Waals surface area (Å²) in [5, 5.41) is 6.13. The third-order valence-electron chi connectivity index (χ3n) is 2.62. The highest BCUT2D eigenvalue weighted by molar-refractivity contribution is 5.91. The van der Waals surface area contributed by atoms with Gasteiger partial charge >= 0.3 is 0 Å². The highest BCUT2D eigenvalue weighted by Crippen LogP contribution is 2.09. The SMILES string of the molecule is [N-]=[N+]=NCc1ccc(C(=O)NCCc2ccncc2)o1. The van der Waals surface area contributed by atoms with Crippen LogP contribution < -0.4 is 5.32 Å². The Morgan fingerprint density at radius 3 is 2.90 bits per heavy atom. The van der Waals surface area contributed by atoms with Gasteiger partial charge in [0.05, 0.1) is 6.54 Å². The third-order valence-corrected chi connectivity index (χ3v) is 2.62. The minimum atomic E-state index is -0.286. The summed E-state index contributed by atoms with van der Waals surface area (Å²) < 4.78 is 5.26. The van der Waals surface area contributed by atoms with Crippen LogP contribution in [0.25, 0.3) is 10.4 Å². The summed E-state index contributed by atoms with van der Waals surface area (Å²) in [6.45, 7) is 0.607. The maximum absolute atomic E-state index is 11.8. The summed E-state index contributed by atoms with van der Waals surface area (Å²) in [5.74, 6) is 0.385. The summed E-state index contributed by atoms with van der Waals surface area (Å²) in [7, 11) is 0. The number of nitrogens with zero attached hydrogens (tertiary/aromatic N) is 4. The quantitative estimate of drug-likeness (QED) is 0.495. The molecule has 7 nitrogen and oxygen atoms in total. The smallest absolute Gasteiger partial charge is 0.287 e. The first-order valence-electron chi connectivity index (χ1n) is 6.06. The van der Waals surface area contributed by atoms with E-state index >= 15 is 0 Å². The Labute approximate surface area is 115 Å². The van der Waals surface area contributed by atoms with Crippen LogP contribution in [-0.4, -0.2) is 17.4 Å². The molecule has 0 aliphatic rings. The van der Waals surface area contributed by atoms with Crippen molar-refractivity contribution in [3.8, 4) is 0 Å². The molecule has 0 aliphatic carbocycles. The van der Waals surface area contributed by atoms with E-state index in [-0.39, 0.29) is 18.2 Å². The molecule has 1 amide bonds. The summed E-state index contributed by atoms with van der Waals surface area (Å²) in [6, 6.07) is 6.98. The Balaban J connectivity index is 1.82. The molecule has 2 heterocycles. The molecule has 7 heteroatoms. The van der Waals surface area contributed by atoms with Crippen molar-refractivity contribution in [1.29, 1.82) is 0 Å². The summed E-state index contributed by atoms with van der Waals surface area (Å²) in [5.41, 5.74) is 9.30. The fourth-order valence-corrected chi connectivity index (χ4v) is 1.64. The summed E-state index contributed by atoms with van der Waals surface area (Å²) in [6.07, 6.45) is 4.15. The first-order valence-corrected chi connectivity index (χ1v) is 6.06. The molecule has 0 bridgehead atoms. The van der Waals surface area contributed by atoms with E-state index in [1.54, 1.807) is 24.5 Å². The van der Waals surface area contributed by atoms with Crippen molar-refractivity contribution in [2.24, 2.45) is 5.11 Å². The highest BCUT2D eigenvalue weighted by Gasteiger charge is 2.10. The Kier molecular flexibility index (Phi) is 4.75. The lowest BCUT2D eigenvalue weighted by Gasteiger charge is -2.03. The van der Waals surface area contributed by atoms with Crippen molar-refractivity contribution >= 4 is 5.91 Å². The molecule has 0 saturated carbocycles. The standard InChI is InChI=1S/C13H13N5O2/c14-18-17-9-11-1-2-12(20-11)13(19)16-8-5-10-3-6-15-7-4-10/h1-4,6-7H,5,8-9H2,(H,16,19). The van der Waals surface area contributed by atoms with Crippen LogP contribution in [0.3, 0.4) is 0 Å². The predicted molar refractivity (Wildman–Crippen MR) is 71.8 cm³/mol. The zero-order valence-electron chi connectivity index (χ0n) is 10.7. The van der Waals surface area contributed by atoms with E-state index in [4.69, 9.17) is 9.95 Å². The van der Waals surface area contributed by atoms with E-state index in [1.807, 2.05) is 12.1 Å². The fourth-order valence-electron chi connectivity index (χ4n) is 1.64. The molecule has 0 fully saturated rings. The van der Waals surface area contributed by atoms with Crippen molar-refractivity contribution in [1.82, 2.24) is 10.3 Å². The van der Waals surface area contributed by atoms with E-state index in [9.17, 15) is 4.79 Å². The van der Waals surface area contributed by atoms with Crippen LogP contribution in [0.5, 0.6) is 0 Å². The van der Waals surface area contributed by atoms with Crippen LogP contribution in [0.4, 0.5) is 0 Å². The molecule has 1 N–H and O–H groups in total. The second-order valence-corrected chi connectivity index (χ2v) is 4.02. The van der Waals surface area contributed by atoms with Gasteiger partial charge in [0.1, 0.15) is 5.76 Å². The van der Waals surface area contributed by atoms with Crippen molar-refractivity contribution in [3.63, 3.8) is 0 Å². The number of hydrogen-bond acceptors (Lipinski definition) is 4. The molecule has 0 spiro atoms. The van der Waals surface area contributed by atoms with Crippen LogP contribution in [0.1, 0.15) is 21.9 Å². The van der Waals surface area contributed by atoms with Gasteiger partial charge in [0.15, 0.2) is 5.76 Å². The van der Waals surface area contributed by atoms with Crippen molar-refractivity contribution in [3.05, 3.63) is 64.2 Å². The number of nitrogens with one attached hydrogen (secondary N) is 1. The Bertz CT molecular complexity index is 617. The van der Waals surface area contributed by atoms with E-state index in [0.29, 0.717) is 12.3 Å². The van der Waals surface area contributed by atoms with Crippen LogP contribution >= 0.6 is 0 Å². The Hall–Kier alpha value is -2.79. The number of rotatable bonds is 6. The fraction of sp³-hybridized carbons (Fsp3) is 0.231. The first-order chi connectivity index (χ1) is 9.79. The monoisotopic (exact) mass is 271 g/mol. The summed E-state index contributed by atoms with van der Waals surface area (Å²) >= 11 is 0. The molecule has 2 aromatic rings. The molecule has 0 radical (unpaired) electrons. The molecule has 20 heavy (non-hydrogen) atoms. The molecular weight excluding hydrogens is 258 g/mol. The molecule has 0 unspecified atom stereocenters. The molecule has 0 aliphatic heterocycles. The highest BCUT2D eigenvalue weighted by atomic mass is 16.4. The van der Waals surface area contributed by atoms with Gasteiger partial charge in [-0.05, 0) is 41.8 Å². The zero-order valence-corrected chi connectivity index (χ0v) is 10.7. The van der Waals surface area contributed by atoms with Crippen molar-refractivity contribution in [2.75, 3.05) is 6.54 Å². The van der Waals surface area contributed by atoms with Gasteiger partial charge in [-0.1, -0.05) is 5.11 Å². The molecule has 0 saturated heterocycles. The average molecular weight is 271 g/mol. The van der Waals surface area contributed by atoms with Gasteiger partial charge in [0.2, 0.25) is 0 Å². The second-order valence-electron chi connectivity index (χ2n) is 4.02. The lowest BCUT2D eigenvalue weighted by atomic mass is 10.2. The normalized spacial score (nSPS) is 9.80. The number of amides is 1. The molecule has 2 rings (SSSR count). The number of aromatic nitrogens is 1. The zero-order chi connectivity index (χ0) is 14.2. The van der Waals surface area contributed by atoms with Gasteiger partial charge in [-0.25, -0.2) is 0 Å². The van der Waals surface area contributed by atoms with E-state index in [0.717, 1.165) is 12.0 Å². The number of furan rings is 1. The van der Waals surface area contributed by atoms with Crippen LogP contribution in [0.15, 0.2) is 46.2 Å². The number of pyridine rings is 1. The van der Waals surface area contributed by atoms with Crippen molar-refractivity contribution in [2.45, 2.75) is 13.0 Å². The van der Waals surface area contributed by atoms with Crippen LogP contribution in [-0.2, 0) is 13.0 Å². The average Bonchev–Trinajstić information content (AvgIpc) is 2.95. The van der Waals surface area contributed by atoms with Gasteiger partial charge in [-0.2, -0.15) is 0 Å². The van der Waals surface area contributed by atoms with Gasteiger partial charge in [0, 0.05) is 23.9 Å². The second kappa shape index (κ2) is 6.96. The molecular formula is C13H13N5O2. The van der Waals surface area contributed by atoms with Crippen molar-refractivity contribution < 1.29 is 9.21 Å². The largest absolute Gasteiger partial charge is 0.456 e. The third kappa shape index (κ3) is 3.86. The minimum absolute atomic E-state index is 0.0980. The number of azide groups is 1. The van der Waals surface area contributed by atoms with E-state index in [1.165, 1.54) is 0 Å². The van der Waals surface area contributed by atoms with Gasteiger partial charge in [-0.3, -0.25) is 9.78 Å². The van der Waals surface area contributed by atoms with Crippen LogP contribution in [0, 0.1) is 0 Å².